The average Bonchev–Trinajstić information content (AvgIpc) is 2.68. The predicted octanol–water partition coefficient (Wildman–Crippen LogP) is -0.920. The van der Waals surface area contributed by atoms with E-state index < -0.39 is 5.92 Å². The zero-order chi connectivity index (χ0) is 15.7. The predicted molar refractivity (Wildman–Crippen MR) is 84.3 cm³/mol. The summed E-state index contributed by atoms with van der Waals surface area (Å²) in [5.74, 6) is -0.853. The Morgan fingerprint density at radius 3 is 2.30 bits per heavy atom. The number of piperidine rings is 1. The molecule has 1 aromatic rings. The molecule has 1 unspecified atom stereocenters. The van der Waals surface area contributed by atoms with Crippen LogP contribution in [0.25, 0.3) is 0 Å². The molecule has 0 amide bonds. The number of esters is 1. The minimum absolute atomic E-state index is 0. The van der Waals surface area contributed by atoms with Crippen molar-refractivity contribution in [2.75, 3.05) is 20.7 Å². The molecule has 2 fully saturated rings. The highest BCUT2D eigenvalue weighted by molar-refractivity contribution is 5.78. The van der Waals surface area contributed by atoms with Crippen LogP contribution in [0, 0.1) is 0 Å². The summed E-state index contributed by atoms with van der Waals surface area (Å²) in [6, 6.07) is 10.6. The summed E-state index contributed by atoms with van der Waals surface area (Å²) < 4.78 is 6.83. The molecule has 0 aromatic heterocycles. The van der Waals surface area contributed by atoms with Crippen molar-refractivity contribution in [3.8, 4) is 0 Å². The molecule has 5 heteroatoms. The van der Waals surface area contributed by atoms with Crippen LogP contribution in [0.15, 0.2) is 30.3 Å². The Morgan fingerprint density at radius 1 is 1.22 bits per heavy atom. The third-order valence-electron chi connectivity index (χ3n) is 5.74. The van der Waals surface area contributed by atoms with Crippen LogP contribution in [0.3, 0.4) is 0 Å². The summed E-state index contributed by atoms with van der Waals surface area (Å²) in [5, 5.41) is 9.57. The minimum atomic E-state index is -0.566. The van der Waals surface area contributed by atoms with E-state index in [1.54, 1.807) is 0 Å². The molecule has 2 bridgehead atoms. The van der Waals surface area contributed by atoms with Gasteiger partial charge in [0.15, 0.2) is 0 Å². The summed E-state index contributed by atoms with van der Waals surface area (Å²) in [7, 11) is 4.59. The van der Waals surface area contributed by atoms with E-state index in [-0.39, 0.29) is 35.7 Å². The number of aliphatic hydroxyl groups is 1. The van der Waals surface area contributed by atoms with Gasteiger partial charge in [-0.25, -0.2) is 0 Å². The summed E-state index contributed by atoms with van der Waals surface area (Å²) in [4.78, 5) is 12.5. The van der Waals surface area contributed by atoms with Gasteiger partial charge in [0.1, 0.15) is 12.0 Å². The number of quaternary nitrogens is 1. The standard InChI is InChI=1S/C18H26NO3.BrH/c1-19(2)14-8-9-15(19)11-16(10-14)22-18(21)17(12-20)13-6-4-3-5-7-13;/h3-7,14-17,20H,8-12H2,1-2H3;1H/q+1;/p-1/t14-,15+,16+,17?;. The second kappa shape index (κ2) is 7.32. The van der Waals surface area contributed by atoms with Gasteiger partial charge in [-0.15, -0.1) is 0 Å². The molecule has 23 heavy (non-hydrogen) atoms. The topological polar surface area (TPSA) is 46.5 Å². The number of hydrogen-bond donors (Lipinski definition) is 1. The lowest BCUT2D eigenvalue weighted by Gasteiger charge is -2.44. The van der Waals surface area contributed by atoms with E-state index in [9.17, 15) is 9.90 Å². The van der Waals surface area contributed by atoms with E-state index in [0.29, 0.717) is 12.1 Å². The van der Waals surface area contributed by atoms with Gasteiger partial charge in [0, 0.05) is 25.7 Å². The monoisotopic (exact) mass is 383 g/mol. The first-order valence-corrected chi connectivity index (χ1v) is 8.22. The van der Waals surface area contributed by atoms with Gasteiger partial charge < -0.3 is 31.3 Å². The third kappa shape index (κ3) is 3.62. The molecule has 4 atom stereocenters. The van der Waals surface area contributed by atoms with Gasteiger partial charge in [-0.3, -0.25) is 4.79 Å². The van der Waals surface area contributed by atoms with Gasteiger partial charge in [-0.1, -0.05) is 30.3 Å². The molecule has 1 aromatic carbocycles. The van der Waals surface area contributed by atoms with Crippen LogP contribution in [-0.2, 0) is 9.53 Å². The van der Waals surface area contributed by atoms with Crippen LogP contribution in [-0.4, -0.2) is 54.4 Å². The average molecular weight is 384 g/mol. The molecule has 2 aliphatic heterocycles. The van der Waals surface area contributed by atoms with Crippen molar-refractivity contribution >= 4 is 5.97 Å². The first-order valence-electron chi connectivity index (χ1n) is 8.22. The normalized spacial score (nSPS) is 29.4. The van der Waals surface area contributed by atoms with Crippen LogP contribution in [0.1, 0.15) is 37.2 Å². The first kappa shape index (κ1) is 18.4. The van der Waals surface area contributed by atoms with Gasteiger partial charge in [-0.05, 0) is 5.56 Å². The molecule has 128 valence electrons. The number of carbonyl (C=O) groups excluding carboxylic acids is 1. The number of fused-ring (bicyclic) bond motifs is 2. The van der Waals surface area contributed by atoms with Crippen molar-refractivity contribution in [1.82, 2.24) is 0 Å². The second-order valence-corrected chi connectivity index (χ2v) is 7.19. The number of halogens is 1. The summed E-state index contributed by atoms with van der Waals surface area (Å²) in [6.07, 6.45) is 4.36. The summed E-state index contributed by atoms with van der Waals surface area (Å²) >= 11 is 0. The van der Waals surface area contributed by atoms with Crippen molar-refractivity contribution < 1.29 is 36.1 Å². The number of hydrogen-bond acceptors (Lipinski definition) is 3. The Hall–Kier alpha value is -0.910. The van der Waals surface area contributed by atoms with Crippen LogP contribution in [0.5, 0.6) is 0 Å². The lowest BCUT2D eigenvalue weighted by Crippen LogP contribution is -3.00. The van der Waals surface area contributed by atoms with Crippen LogP contribution >= 0.6 is 0 Å². The van der Waals surface area contributed by atoms with Gasteiger partial charge in [0.05, 0.1) is 32.8 Å². The van der Waals surface area contributed by atoms with Gasteiger partial charge in [0.25, 0.3) is 0 Å². The molecule has 4 nitrogen and oxygen atoms in total. The van der Waals surface area contributed by atoms with E-state index in [1.807, 2.05) is 30.3 Å². The fraction of sp³-hybridized carbons (Fsp3) is 0.611. The number of rotatable bonds is 4. The highest BCUT2D eigenvalue weighted by Gasteiger charge is 2.50. The number of benzene rings is 1. The highest BCUT2D eigenvalue weighted by atomic mass is 79.9. The van der Waals surface area contributed by atoms with Crippen molar-refractivity contribution in [1.29, 1.82) is 0 Å². The Labute approximate surface area is 148 Å². The van der Waals surface area contributed by atoms with E-state index in [4.69, 9.17) is 4.74 Å². The molecule has 0 spiro atoms. The third-order valence-corrected chi connectivity index (χ3v) is 5.74. The van der Waals surface area contributed by atoms with Crippen molar-refractivity contribution in [3.63, 3.8) is 0 Å². The minimum Gasteiger partial charge on any atom is -1.00 e. The van der Waals surface area contributed by atoms with Crippen molar-refractivity contribution in [2.24, 2.45) is 0 Å². The largest absolute Gasteiger partial charge is 1.00 e. The van der Waals surface area contributed by atoms with E-state index in [0.717, 1.165) is 22.9 Å². The van der Waals surface area contributed by atoms with E-state index >= 15 is 0 Å². The Morgan fingerprint density at radius 2 is 1.78 bits per heavy atom. The molecular weight excluding hydrogens is 358 g/mol. The fourth-order valence-electron chi connectivity index (χ4n) is 4.17. The van der Waals surface area contributed by atoms with Crippen LogP contribution in [0.4, 0.5) is 0 Å². The molecule has 0 saturated carbocycles. The zero-order valence-corrected chi connectivity index (χ0v) is 15.4. The van der Waals surface area contributed by atoms with Crippen LogP contribution in [0.2, 0.25) is 0 Å². The number of nitrogens with zero attached hydrogens (tertiary/aromatic N) is 1. The lowest BCUT2D eigenvalue weighted by atomic mass is 9.96. The SMILES string of the molecule is C[N+]1(C)[C@@H]2CC[C@H]1C[C@@H](OC(=O)C(CO)c1ccccc1)C2.[Br-]. The van der Waals surface area contributed by atoms with Gasteiger partial charge >= 0.3 is 5.97 Å². The quantitative estimate of drug-likeness (QED) is 0.540. The summed E-state index contributed by atoms with van der Waals surface area (Å²) in [5.41, 5.74) is 0.824. The highest BCUT2D eigenvalue weighted by Crippen LogP contribution is 2.40. The lowest BCUT2D eigenvalue weighted by molar-refractivity contribution is -0.931. The number of carbonyl (C=O) groups is 1. The molecule has 0 radical (unpaired) electrons. The van der Waals surface area contributed by atoms with Gasteiger partial charge in [-0.2, -0.15) is 0 Å². The fourth-order valence-corrected chi connectivity index (χ4v) is 4.17. The Bertz CT molecular complexity index is 518. The molecule has 3 rings (SSSR count). The second-order valence-electron chi connectivity index (χ2n) is 7.19. The first-order chi connectivity index (χ1) is 10.5. The van der Waals surface area contributed by atoms with E-state index in [2.05, 4.69) is 14.1 Å². The molecule has 0 aliphatic carbocycles. The van der Waals surface area contributed by atoms with Gasteiger partial charge in [0.2, 0.25) is 0 Å². The zero-order valence-electron chi connectivity index (χ0n) is 13.8. The molecule has 2 heterocycles. The Kier molecular flexibility index (Phi) is 5.87. The smallest absolute Gasteiger partial charge is 0.316 e. The number of aliphatic hydroxyl groups excluding tert-OH is 1. The number of ether oxygens (including phenoxy) is 1. The maximum Gasteiger partial charge on any atom is 0.316 e. The Balaban J connectivity index is 0.00000192. The maximum atomic E-state index is 12.5. The van der Waals surface area contributed by atoms with Crippen molar-refractivity contribution in [2.45, 2.75) is 49.8 Å². The van der Waals surface area contributed by atoms with Crippen LogP contribution < -0.4 is 17.0 Å². The van der Waals surface area contributed by atoms with Crippen molar-refractivity contribution in [3.05, 3.63) is 35.9 Å². The molecule has 2 saturated heterocycles. The molecular formula is C18H26BrNO3. The maximum absolute atomic E-state index is 12.5. The summed E-state index contributed by atoms with van der Waals surface area (Å²) in [6.45, 7) is -0.204. The molecule has 1 N–H and O–H groups in total. The molecule has 2 aliphatic rings. The van der Waals surface area contributed by atoms with E-state index in [1.165, 1.54) is 12.8 Å².